The van der Waals surface area contributed by atoms with Gasteiger partial charge in [0, 0.05) is 17.1 Å². The highest BCUT2D eigenvalue weighted by Crippen LogP contribution is 2.32. The Hall–Kier alpha value is -1.61. The van der Waals surface area contributed by atoms with Gasteiger partial charge >= 0.3 is 0 Å². The van der Waals surface area contributed by atoms with E-state index in [2.05, 4.69) is 4.98 Å². The van der Waals surface area contributed by atoms with Crippen molar-refractivity contribution in [3.8, 4) is 5.75 Å². The molecule has 0 aliphatic rings. The second kappa shape index (κ2) is 4.49. The average molecular weight is 217 g/mol. The Morgan fingerprint density at radius 1 is 1.38 bits per heavy atom. The van der Waals surface area contributed by atoms with Crippen LogP contribution in [0.1, 0.15) is 25.5 Å². The van der Waals surface area contributed by atoms with E-state index in [1.165, 1.54) is 0 Å². The lowest BCUT2D eigenvalue weighted by Gasteiger charge is -2.14. The van der Waals surface area contributed by atoms with Crippen LogP contribution < -0.4 is 4.74 Å². The smallest absolute Gasteiger partial charge is 0.151 e. The number of hydrogen-bond donors (Lipinski definition) is 1. The molecule has 1 aromatic carbocycles. The molecule has 0 saturated heterocycles. The average Bonchev–Trinajstić information content (AvgIpc) is 2.29. The molecular formula is C13H15NO2. The zero-order valence-corrected chi connectivity index (χ0v) is 9.47. The minimum absolute atomic E-state index is 0.548. The number of benzene rings is 1. The number of rotatable bonds is 3. The molecule has 0 fully saturated rings. The molecule has 2 rings (SSSR count). The first-order valence-corrected chi connectivity index (χ1v) is 5.42. The zero-order chi connectivity index (χ0) is 11.5. The third-order valence-corrected chi connectivity index (χ3v) is 2.50. The highest BCUT2D eigenvalue weighted by Gasteiger charge is 2.13. The predicted octanol–water partition coefficient (Wildman–Crippen LogP) is 2.69. The summed E-state index contributed by atoms with van der Waals surface area (Å²) in [4.78, 5) is 4.31. The minimum atomic E-state index is -0.548. The topological polar surface area (TPSA) is 42.4 Å². The van der Waals surface area contributed by atoms with Crippen LogP contribution >= 0.6 is 0 Å². The summed E-state index contributed by atoms with van der Waals surface area (Å²) >= 11 is 0. The van der Waals surface area contributed by atoms with Crippen LogP contribution in [0.25, 0.3) is 10.9 Å². The van der Waals surface area contributed by atoms with Crippen LogP contribution in [0.5, 0.6) is 5.75 Å². The van der Waals surface area contributed by atoms with Gasteiger partial charge in [0.15, 0.2) is 5.75 Å². The highest BCUT2D eigenvalue weighted by molar-refractivity contribution is 5.85. The summed E-state index contributed by atoms with van der Waals surface area (Å²) in [6.45, 7) is 4.22. The summed E-state index contributed by atoms with van der Waals surface area (Å²) in [7, 11) is 0. The van der Waals surface area contributed by atoms with Crippen LogP contribution in [0.3, 0.4) is 0 Å². The monoisotopic (exact) mass is 217 g/mol. The first kappa shape index (κ1) is 10.9. The van der Waals surface area contributed by atoms with E-state index >= 15 is 0 Å². The molecule has 1 aromatic heterocycles. The lowest BCUT2D eigenvalue weighted by atomic mass is 10.1. The Kier molecular flexibility index (Phi) is 3.06. The summed E-state index contributed by atoms with van der Waals surface area (Å²) in [5.74, 6) is 0.690. The van der Waals surface area contributed by atoms with Crippen molar-refractivity contribution in [3.05, 3.63) is 36.0 Å². The summed E-state index contributed by atoms with van der Waals surface area (Å²) in [5, 5.41) is 10.7. The molecule has 0 spiro atoms. The molecular weight excluding hydrogens is 202 g/mol. The van der Waals surface area contributed by atoms with E-state index in [0.29, 0.717) is 12.4 Å². The van der Waals surface area contributed by atoms with Crippen molar-refractivity contribution in [1.82, 2.24) is 4.98 Å². The molecule has 0 bridgehead atoms. The zero-order valence-electron chi connectivity index (χ0n) is 9.47. The van der Waals surface area contributed by atoms with Crippen LogP contribution in [0.2, 0.25) is 0 Å². The van der Waals surface area contributed by atoms with Gasteiger partial charge in [0.1, 0.15) is 5.52 Å². The molecule has 0 saturated carbocycles. The maximum Gasteiger partial charge on any atom is 0.151 e. The molecule has 2 aromatic rings. The fourth-order valence-corrected chi connectivity index (χ4v) is 1.76. The second-order valence-electron chi connectivity index (χ2n) is 3.67. The van der Waals surface area contributed by atoms with Crippen LogP contribution in [0.4, 0.5) is 0 Å². The van der Waals surface area contributed by atoms with Crippen molar-refractivity contribution in [2.24, 2.45) is 0 Å². The van der Waals surface area contributed by atoms with Gasteiger partial charge in [-0.3, -0.25) is 4.98 Å². The summed E-state index contributed by atoms with van der Waals surface area (Å²) in [6, 6.07) is 7.71. The third kappa shape index (κ3) is 1.86. The molecule has 1 unspecified atom stereocenters. The number of aromatic nitrogens is 1. The van der Waals surface area contributed by atoms with Crippen LogP contribution in [0.15, 0.2) is 30.5 Å². The van der Waals surface area contributed by atoms with Crippen molar-refractivity contribution in [1.29, 1.82) is 0 Å². The van der Waals surface area contributed by atoms with Crippen molar-refractivity contribution < 1.29 is 9.84 Å². The van der Waals surface area contributed by atoms with Gasteiger partial charge in [-0.15, -0.1) is 0 Å². The lowest BCUT2D eigenvalue weighted by molar-refractivity contribution is 0.192. The highest BCUT2D eigenvalue weighted by atomic mass is 16.5. The number of pyridine rings is 1. The quantitative estimate of drug-likeness (QED) is 0.859. The Morgan fingerprint density at radius 3 is 2.88 bits per heavy atom. The molecule has 0 amide bonds. The first-order valence-electron chi connectivity index (χ1n) is 5.42. The Balaban J connectivity index is 2.68. The van der Waals surface area contributed by atoms with Crippen LogP contribution in [-0.4, -0.2) is 16.7 Å². The van der Waals surface area contributed by atoms with Gasteiger partial charge in [0.25, 0.3) is 0 Å². The first-order chi connectivity index (χ1) is 7.74. The molecule has 0 aliphatic heterocycles. The Bertz CT molecular complexity index is 494. The molecule has 84 valence electrons. The van der Waals surface area contributed by atoms with Gasteiger partial charge in [-0.05, 0) is 19.9 Å². The van der Waals surface area contributed by atoms with Crippen molar-refractivity contribution in [2.75, 3.05) is 6.61 Å². The van der Waals surface area contributed by atoms with Gasteiger partial charge < -0.3 is 9.84 Å². The number of aliphatic hydroxyl groups excluding tert-OH is 1. The van der Waals surface area contributed by atoms with Crippen molar-refractivity contribution in [3.63, 3.8) is 0 Å². The number of nitrogens with zero attached hydrogens (tertiary/aromatic N) is 1. The second-order valence-corrected chi connectivity index (χ2v) is 3.67. The van der Waals surface area contributed by atoms with Gasteiger partial charge in [-0.25, -0.2) is 0 Å². The molecule has 0 radical (unpaired) electrons. The number of hydrogen-bond acceptors (Lipinski definition) is 3. The van der Waals surface area contributed by atoms with Gasteiger partial charge in [0.2, 0.25) is 0 Å². The number of ether oxygens (including phenoxy) is 1. The standard InChI is InChI=1S/C13H15NO2/c1-3-16-13-11(9(2)15)7-6-10-5-4-8-14-12(10)13/h4-9,15H,3H2,1-2H3. The minimum Gasteiger partial charge on any atom is -0.491 e. The molecule has 3 heteroatoms. The van der Waals surface area contributed by atoms with Crippen LogP contribution in [0, 0.1) is 0 Å². The Morgan fingerprint density at radius 2 is 2.19 bits per heavy atom. The molecule has 1 N–H and O–H groups in total. The third-order valence-electron chi connectivity index (χ3n) is 2.50. The van der Waals surface area contributed by atoms with E-state index in [1.807, 2.05) is 31.2 Å². The van der Waals surface area contributed by atoms with Gasteiger partial charge in [-0.1, -0.05) is 18.2 Å². The summed E-state index contributed by atoms with van der Waals surface area (Å²) < 4.78 is 5.59. The van der Waals surface area contributed by atoms with E-state index < -0.39 is 6.10 Å². The Labute approximate surface area is 94.7 Å². The molecule has 16 heavy (non-hydrogen) atoms. The van der Waals surface area contributed by atoms with Crippen molar-refractivity contribution >= 4 is 10.9 Å². The van der Waals surface area contributed by atoms with E-state index in [1.54, 1.807) is 13.1 Å². The fourth-order valence-electron chi connectivity index (χ4n) is 1.76. The van der Waals surface area contributed by atoms with E-state index in [0.717, 1.165) is 16.5 Å². The maximum atomic E-state index is 9.68. The lowest BCUT2D eigenvalue weighted by Crippen LogP contribution is -2.01. The predicted molar refractivity (Wildman–Crippen MR) is 63.5 cm³/mol. The van der Waals surface area contributed by atoms with Gasteiger partial charge in [0.05, 0.1) is 12.7 Å². The summed E-state index contributed by atoms with van der Waals surface area (Å²) in [6.07, 6.45) is 1.18. The fraction of sp³-hybridized carbons (Fsp3) is 0.308. The normalized spacial score (nSPS) is 12.7. The van der Waals surface area contributed by atoms with E-state index in [9.17, 15) is 5.11 Å². The van der Waals surface area contributed by atoms with Crippen LogP contribution in [-0.2, 0) is 0 Å². The number of fused-ring (bicyclic) bond motifs is 1. The van der Waals surface area contributed by atoms with Gasteiger partial charge in [-0.2, -0.15) is 0 Å². The van der Waals surface area contributed by atoms with E-state index in [4.69, 9.17) is 4.74 Å². The molecule has 1 atom stereocenters. The summed E-state index contributed by atoms with van der Waals surface area (Å²) in [5.41, 5.74) is 1.59. The van der Waals surface area contributed by atoms with Crippen molar-refractivity contribution in [2.45, 2.75) is 20.0 Å². The molecule has 0 aliphatic carbocycles. The number of aliphatic hydroxyl groups is 1. The molecule has 1 heterocycles. The SMILES string of the molecule is CCOc1c(C(C)O)ccc2cccnc12. The maximum absolute atomic E-state index is 9.68. The largest absolute Gasteiger partial charge is 0.491 e. The molecule has 3 nitrogen and oxygen atoms in total. The van der Waals surface area contributed by atoms with E-state index in [-0.39, 0.29) is 0 Å².